The summed E-state index contributed by atoms with van der Waals surface area (Å²) in [5, 5.41) is 17.9. The van der Waals surface area contributed by atoms with Crippen molar-refractivity contribution in [3.8, 4) is 39.5 Å². The van der Waals surface area contributed by atoms with Crippen LogP contribution in [0.3, 0.4) is 0 Å². The van der Waals surface area contributed by atoms with Gasteiger partial charge in [0.2, 0.25) is 0 Å². The third-order valence-corrected chi connectivity index (χ3v) is 10.1. The third kappa shape index (κ3) is 6.64. The van der Waals surface area contributed by atoms with E-state index in [4.69, 9.17) is 19.2 Å². The minimum Gasteiger partial charge on any atom is -0.497 e. The van der Waals surface area contributed by atoms with Crippen molar-refractivity contribution in [3.63, 3.8) is 0 Å². The molecule has 8 aromatic rings. The van der Waals surface area contributed by atoms with Crippen molar-refractivity contribution in [3.05, 3.63) is 125 Å². The summed E-state index contributed by atoms with van der Waals surface area (Å²) in [6, 6.07) is 27.5. The lowest BCUT2D eigenvalue weighted by atomic mass is 10.1. The van der Waals surface area contributed by atoms with Gasteiger partial charge in [-0.1, -0.05) is 36.4 Å². The number of fused-ring (bicyclic) bond motifs is 3. The number of aromatic nitrogens is 6. The fourth-order valence-electron chi connectivity index (χ4n) is 5.46. The van der Waals surface area contributed by atoms with Gasteiger partial charge < -0.3 is 19.5 Å². The highest BCUT2D eigenvalue weighted by atomic mass is 32.1. The van der Waals surface area contributed by atoms with Gasteiger partial charge in [0.05, 0.1) is 39.9 Å². The zero-order chi connectivity index (χ0) is 33.9. The molecular weight excluding hydrogens is 671 g/mol. The number of hydrogen-bond donors (Lipinski definition) is 3. The standard InChI is InChI=1S/C19H16N4O2S.C18H13N3O2S/c1-25-15-4-2-3-12(7-15)9-20-18(24)19-23-16-6-5-13(8-17(16)26-19)14-10-21-22-11-14;1-2-4-15-14(3-1)22-10-16(23-15)18-21-13-6-5-11(7-17(13)24-18)12-8-19-20-9-12/h2-8,10-11H,9H2,1H3,(H,20,24)(H,21,22);1-9,16H,10H2,(H,19,20). The third-order valence-electron chi connectivity index (χ3n) is 8.02. The van der Waals surface area contributed by atoms with Gasteiger partial charge in [0, 0.05) is 30.1 Å². The molecule has 0 spiro atoms. The quantitative estimate of drug-likeness (QED) is 0.153. The minimum absolute atomic E-state index is 0.172. The van der Waals surface area contributed by atoms with Gasteiger partial charge >= 0.3 is 0 Å². The Morgan fingerprint density at radius 3 is 2.22 bits per heavy atom. The predicted molar refractivity (Wildman–Crippen MR) is 194 cm³/mol. The lowest BCUT2D eigenvalue weighted by Gasteiger charge is -2.24. The van der Waals surface area contributed by atoms with Crippen molar-refractivity contribution in [1.29, 1.82) is 0 Å². The van der Waals surface area contributed by atoms with E-state index in [-0.39, 0.29) is 12.0 Å². The minimum atomic E-state index is -0.182. The van der Waals surface area contributed by atoms with Crippen LogP contribution in [0.2, 0.25) is 0 Å². The predicted octanol–water partition coefficient (Wildman–Crippen LogP) is 7.82. The lowest BCUT2D eigenvalue weighted by Crippen LogP contribution is -2.22. The maximum atomic E-state index is 12.4. The molecule has 50 heavy (non-hydrogen) atoms. The number of carbonyl (C=O) groups is 1. The Labute approximate surface area is 293 Å². The van der Waals surface area contributed by atoms with Crippen molar-refractivity contribution in [2.24, 2.45) is 0 Å². The maximum Gasteiger partial charge on any atom is 0.280 e. The molecule has 1 aliphatic heterocycles. The number of nitrogens with zero attached hydrogens (tertiary/aromatic N) is 4. The van der Waals surface area contributed by atoms with Crippen LogP contribution in [0.4, 0.5) is 0 Å². The molecule has 13 heteroatoms. The Kier molecular flexibility index (Phi) is 8.63. The van der Waals surface area contributed by atoms with Crippen molar-refractivity contribution in [1.82, 2.24) is 35.7 Å². The van der Waals surface area contributed by atoms with E-state index in [1.165, 1.54) is 11.3 Å². The summed E-state index contributed by atoms with van der Waals surface area (Å²) in [6.07, 6.45) is 7.14. The number of benzene rings is 4. The van der Waals surface area contributed by atoms with Crippen LogP contribution >= 0.6 is 22.7 Å². The molecule has 3 N–H and O–H groups in total. The van der Waals surface area contributed by atoms with Gasteiger partial charge in [-0.05, 0) is 65.2 Å². The summed E-state index contributed by atoms with van der Waals surface area (Å²) in [6.45, 7) is 0.900. The number of thiazole rings is 2. The average molecular weight is 700 g/mol. The number of amides is 1. The average Bonchev–Trinajstić information content (AvgIpc) is 4.00. The van der Waals surface area contributed by atoms with Crippen molar-refractivity contribution >= 4 is 49.0 Å². The fraction of sp³-hybridized carbons (Fsp3) is 0.108. The van der Waals surface area contributed by atoms with Gasteiger partial charge in [-0.3, -0.25) is 15.0 Å². The Bertz CT molecular complexity index is 2400. The van der Waals surface area contributed by atoms with E-state index in [1.54, 1.807) is 24.6 Å². The Hall–Kier alpha value is -6.05. The first-order valence-electron chi connectivity index (χ1n) is 15.7. The molecule has 4 aromatic carbocycles. The number of carbonyl (C=O) groups excluding carboxylic acids is 1. The Balaban J connectivity index is 0.000000145. The highest BCUT2D eigenvalue weighted by Crippen LogP contribution is 2.38. The zero-order valence-corrected chi connectivity index (χ0v) is 28.3. The van der Waals surface area contributed by atoms with Crippen LogP contribution in [0, 0.1) is 0 Å². The van der Waals surface area contributed by atoms with E-state index < -0.39 is 0 Å². The Morgan fingerprint density at radius 1 is 0.820 bits per heavy atom. The van der Waals surface area contributed by atoms with E-state index in [2.05, 4.69) is 42.8 Å². The number of aromatic amines is 2. The van der Waals surface area contributed by atoms with Crippen LogP contribution in [0.15, 0.2) is 110 Å². The van der Waals surface area contributed by atoms with Gasteiger partial charge in [-0.25, -0.2) is 9.97 Å². The van der Waals surface area contributed by atoms with E-state index in [0.29, 0.717) is 18.2 Å². The Morgan fingerprint density at radius 2 is 1.52 bits per heavy atom. The van der Waals surface area contributed by atoms with Gasteiger partial charge in [0.1, 0.15) is 17.4 Å². The second-order valence-electron chi connectivity index (χ2n) is 11.3. The van der Waals surface area contributed by atoms with Crippen LogP contribution in [0.5, 0.6) is 17.2 Å². The number of hydrogen-bond acceptors (Lipinski definition) is 10. The normalized spacial score (nSPS) is 13.5. The molecular formula is C37H29N7O4S2. The summed E-state index contributed by atoms with van der Waals surface area (Å²) in [7, 11) is 1.62. The van der Waals surface area contributed by atoms with Crippen molar-refractivity contribution in [2.45, 2.75) is 12.6 Å². The number of nitrogens with one attached hydrogen (secondary N) is 3. The number of methoxy groups -OCH3 is 1. The van der Waals surface area contributed by atoms with E-state index in [1.807, 2.05) is 91.4 Å². The van der Waals surface area contributed by atoms with Gasteiger partial charge in [0.25, 0.3) is 5.91 Å². The molecule has 1 aliphatic rings. The molecule has 0 aliphatic carbocycles. The second kappa shape index (κ2) is 13.8. The molecule has 1 atom stereocenters. The van der Waals surface area contributed by atoms with Crippen LogP contribution in [-0.2, 0) is 6.54 Å². The molecule has 1 amide bonds. The summed E-state index contributed by atoms with van der Waals surface area (Å²) >= 11 is 3.02. The number of para-hydroxylation sites is 2. The highest BCUT2D eigenvalue weighted by Gasteiger charge is 2.25. The van der Waals surface area contributed by atoms with E-state index in [9.17, 15) is 4.79 Å². The SMILES string of the molecule is COc1cccc(CNC(=O)c2nc3ccc(-c4cn[nH]c4)cc3s2)c1.c1ccc2c(c1)OCC(c1nc3ccc(-c4cn[nH]c4)cc3s1)O2. The number of rotatable bonds is 7. The molecule has 0 radical (unpaired) electrons. The first-order valence-corrected chi connectivity index (χ1v) is 17.3. The summed E-state index contributed by atoms with van der Waals surface area (Å²) < 4.78 is 19.2. The zero-order valence-electron chi connectivity index (χ0n) is 26.6. The van der Waals surface area contributed by atoms with Crippen LogP contribution in [0.1, 0.15) is 26.5 Å². The van der Waals surface area contributed by atoms with E-state index >= 15 is 0 Å². The molecule has 4 aromatic heterocycles. The molecule has 0 fully saturated rings. The van der Waals surface area contributed by atoms with Gasteiger partial charge in [-0.15, -0.1) is 22.7 Å². The van der Waals surface area contributed by atoms with E-state index in [0.717, 1.165) is 70.5 Å². The van der Waals surface area contributed by atoms with Crippen LogP contribution in [-0.4, -0.2) is 50.0 Å². The maximum absolute atomic E-state index is 12.4. The summed E-state index contributed by atoms with van der Waals surface area (Å²) in [5.41, 5.74) is 7.00. The second-order valence-corrected chi connectivity index (χ2v) is 13.4. The van der Waals surface area contributed by atoms with Crippen molar-refractivity contribution in [2.75, 3.05) is 13.7 Å². The summed E-state index contributed by atoms with van der Waals surface area (Å²) in [5.74, 6) is 2.14. The fourth-order valence-corrected chi connectivity index (χ4v) is 7.40. The molecule has 0 bridgehead atoms. The van der Waals surface area contributed by atoms with Crippen LogP contribution in [0.25, 0.3) is 42.7 Å². The molecule has 11 nitrogen and oxygen atoms in total. The lowest BCUT2D eigenvalue weighted by molar-refractivity contribution is 0.0912. The number of H-pyrrole nitrogens is 2. The molecule has 0 saturated carbocycles. The van der Waals surface area contributed by atoms with Gasteiger partial charge in [-0.2, -0.15) is 10.2 Å². The molecule has 0 saturated heterocycles. The largest absolute Gasteiger partial charge is 0.497 e. The van der Waals surface area contributed by atoms with Gasteiger partial charge in [0.15, 0.2) is 22.6 Å². The molecule has 5 heterocycles. The summed E-state index contributed by atoms with van der Waals surface area (Å²) in [4.78, 5) is 21.6. The smallest absolute Gasteiger partial charge is 0.280 e. The monoisotopic (exact) mass is 699 g/mol. The topological polar surface area (TPSA) is 140 Å². The molecule has 248 valence electrons. The van der Waals surface area contributed by atoms with Crippen LogP contribution < -0.4 is 19.5 Å². The molecule has 1 unspecified atom stereocenters. The first kappa shape index (κ1) is 31.2. The first-order chi connectivity index (χ1) is 24.6. The number of ether oxygens (including phenoxy) is 3. The molecule has 9 rings (SSSR count). The highest BCUT2D eigenvalue weighted by molar-refractivity contribution is 7.20. The van der Waals surface area contributed by atoms with Crippen molar-refractivity contribution < 1.29 is 19.0 Å².